The first-order valence-corrected chi connectivity index (χ1v) is 22.5. The highest BCUT2D eigenvalue weighted by Gasteiger charge is 2.50. The summed E-state index contributed by atoms with van der Waals surface area (Å²) in [5, 5.41) is 5.17. The van der Waals surface area contributed by atoms with Crippen LogP contribution in [0.5, 0.6) is 0 Å². The van der Waals surface area contributed by atoms with Crippen LogP contribution >= 0.6 is 0 Å². The summed E-state index contributed by atoms with van der Waals surface area (Å²) < 4.78 is 0. The van der Waals surface area contributed by atoms with Crippen molar-refractivity contribution in [3.8, 4) is 33.4 Å². The highest BCUT2D eigenvalue weighted by Crippen LogP contribution is 2.63. The van der Waals surface area contributed by atoms with Gasteiger partial charge in [0.25, 0.3) is 0 Å². The van der Waals surface area contributed by atoms with Crippen molar-refractivity contribution in [1.82, 2.24) is 0 Å². The molecule has 0 aliphatic heterocycles. The van der Waals surface area contributed by atoms with Crippen LogP contribution in [0.15, 0.2) is 182 Å². The number of anilines is 3. The van der Waals surface area contributed by atoms with Crippen LogP contribution in [0.3, 0.4) is 0 Å². The number of hydrogen-bond acceptors (Lipinski definition) is 1. The number of benzene rings is 9. The lowest BCUT2D eigenvalue weighted by Gasteiger charge is -2.41. The van der Waals surface area contributed by atoms with Gasteiger partial charge in [-0.15, -0.1) is 0 Å². The lowest BCUT2D eigenvalue weighted by Crippen LogP contribution is -2.32. The standard InChI is InChI=1S/C60H47N/c1-59(2)51-25-10-8-23-46(51)50-36-42(31-34-52(50)59)61(57-28-14-18-39-17-6-7-21-44(39)57)43-30-32-47-45-22-9-11-26-53(45)60(56(47)37-43)54-33-29-41(38-15-4-3-5-16-38)35-49(54)48-24-12-19-40-20-13-27-55(60)58(40)48/h6-14,17-38H,3-5,15-16H2,1-2H3. The lowest BCUT2D eigenvalue weighted by molar-refractivity contribution is 0.443. The van der Waals surface area contributed by atoms with Crippen LogP contribution < -0.4 is 4.90 Å². The highest BCUT2D eigenvalue weighted by molar-refractivity contribution is 6.08. The predicted octanol–water partition coefficient (Wildman–Crippen LogP) is 16.2. The molecule has 0 heterocycles. The molecule has 0 amide bonds. The molecule has 4 aliphatic carbocycles. The van der Waals surface area contributed by atoms with Crippen molar-refractivity contribution >= 4 is 38.6 Å². The van der Waals surface area contributed by atoms with Crippen molar-refractivity contribution in [2.75, 3.05) is 4.90 Å². The molecule has 9 aromatic rings. The van der Waals surface area contributed by atoms with Gasteiger partial charge in [-0.05, 0) is 138 Å². The number of hydrogen-bond donors (Lipinski definition) is 0. The van der Waals surface area contributed by atoms with E-state index in [1.807, 2.05) is 0 Å². The summed E-state index contributed by atoms with van der Waals surface area (Å²) in [6, 6.07) is 70.2. The van der Waals surface area contributed by atoms with Gasteiger partial charge in [0.1, 0.15) is 0 Å². The molecule has 0 radical (unpaired) electrons. The van der Waals surface area contributed by atoms with Crippen molar-refractivity contribution in [1.29, 1.82) is 0 Å². The molecule has 13 rings (SSSR count). The third-order valence-corrected chi connectivity index (χ3v) is 15.2. The third-order valence-electron chi connectivity index (χ3n) is 15.2. The summed E-state index contributed by atoms with van der Waals surface area (Å²) in [6.07, 6.45) is 6.59. The van der Waals surface area contributed by atoms with Gasteiger partial charge in [0.15, 0.2) is 0 Å². The summed E-state index contributed by atoms with van der Waals surface area (Å²) in [5.41, 5.74) is 20.8. The Bertz CT molecular complexity index is 3280. The molecular formula is C60H47N. The third kappa shape index (κ3) is 4.78. The molecule has 1 saturated carbocycles. The Morgan fingerprint density at radius 1 is 0.410 bits per heavy atom. The van der Waals surface area contributed by atoms with E-state index in [0.717, 1.165) is 0 Å². The molecule has 9 aromatic carbocycles. The quantitative estimate of drug-likeness (QED) is 0.172. The van der Waals surface area contributed by atoms with E-state index < -0.39 is 5.41 Å². The molecule has 4 aliphatic rings. The van der Waals surface area contributed by atoms with Crippen molar-refractivity contribution in [2.45, 2.75) is 62.7 Å². The molecule has 1 nitrogen and oxygen atoms in total. The highest BCUT2D eigenvalue weighted by atomic mass is 15.1. The minimum Gasteiger partial charge on any atom is -0.310 e. The van der Waals surface area contributed by atoms with Gasteiger partial charge in [0, 0.05) is 22.2 Å². The average molecular weight is 782 g/mol. The SMILES string of the molecule is CC1(C)c2ccccc2-c2cc(N(c3ccc4c(c3)C3(c5ccccc5-4)c4ccc(C5CCCCC5)cc4-c4cccc5cccc3c45)c3cccc4ccccc34)ccc21. The first-order chi connectivity index (χ1) is 30.0. The fourth-order valence-corrected chi connectivity index (χ4v) is 12.5. The Labute approximate surface area is 359 Å². The second kappa shape index (κ2) is 12.9. The summed E-state index contributed by atoms with van der Waals surface area (Å²) in [4.78, 5) is 2.54. The zero-order valence-corrected chi connectivity index (χ0v) is 34.9. The van der Waals surface area contributed by atoms with Crippen molar-refractivity contribution in [3.63, 3.8) is 0 Å². The van der Waals surface area contributed by atoms with E-state index in [-0.39, 0.29) is 5.41 Å². The molecule has 0 aromatic heterocycles. The van der Waals surface area contributed by atoms with E-state index in [2.05, 4.69) is 201 Å². The molecule has 61 heavy (non-hydrogen) atoms. The van der Waals surface area contributed by atoms with Crippen LogP contribution in [0.1, 0.15) is 90.8 Å². The van der Waals surface area contributed by atoms with Gasteiger partial charge in [-0.2, -0.15) is 0 Å². The molecule has 1 spiro atoms. The Balaban J connectivity index is 1.10. The van der Waals surface area contributed by atoms with Crippen molar-refractivity contribution in [3.05, 3.63) is 221 Å². The van der Waals surface area contributed by atoms with Crippen LogP contribution in [0.25, 0.3) is 54.9 Å². The van der Waals surface area contributed by atoms with Crippen molar-refractivity contribution in [2.24, 2.45) is 0 Å². The minimum atomic E-state index is -0.498. The van der Waals surface area contributed by atoms with Gasteiger partial charge < -0.3 is 4.90 Å². The van der Waals surface area contributed by atoms with Crippen LogP contribution in [0, 0.1) is 0 Å². The van der Waals surface area contributed by atoms with Gasteiger partial charge in [-0.3, -0.25) is 0 Å². The normalized spacial score (nSPS) is 17.8. The topological polar surface area (TPSA) is 3.24 Å². The van der Waals surface area contributed by atoms with E-state index in [1.165, 1.54) is 143 Å². The monoisotopic (exact) mass is 781 g/mol. The van der Waals surface area contributed by atoms with Crippen molar-refractivity contribution < 1.29 is 0 Å². The predicted molar refractivity (Wildman–Crippen MR) is 256 cm³/mol. The Kier molecular flexibility index (Phi) is 7.42. The number of nitrogens with zero attached hydrogens (tertiary/aromatic N) is 1. The van der Waals surface area contributed by atoms with E-state index in [1.54, 1.807) is 0 Å². The lowest BCUT2D eigenvalue weighted by atomic mass is 9.61. The van der Waals surface area contributed by atoms with Crippen LogP contribution in [-0.4, -0.2) is 0 Å². The Morgan fingerprint density at radius 2 is 0.984 bits per heavy atom. The fourth-order valence-electron chi connectivity index (χ4n) is 12.5. The molecule has 1 fully saturated rings. The van der Waals surface area contributed by atoms with E-state index >= 15 is 0 Å². The van der Waals surface area contributed by atoms with Gasteiger partial charge >= 0.3 is 0 Å². The zero-order valence-electron chi connectivity index (χ0n) is 34.9. The first kappa shape index (κ1) is 35.1. The summed E-state index contributed by atoms with van der Waals surface area (Å²) in [5.74, 6) is 0.625. The molecule has 0 saturated heterocycles. The average Bonchev–Trinajstić information content (AvgIpc) is 3.73. The second-order valence-electron chi connectivity index (χ2n) is 18.6. The second-order valence-corrected chi connectivity index (χ2v) is 18.6. The van der Waals surface area contributed by atoms with E-state index in [4.69, 9.17) is 0 Å². The molecule has 0 N–H and O–H groups in total. The van der Waals surface area contributed by atoms with Crippen LogP contribution in [-0.2, 0) is 10.8 Å². The molecule has 1 unspecified atom stereocenters. The van der Waals surface area contributed by atoms with Gasteiger partial charge in [0.05, 0.1) is 11.1 Å². The molecular weight excluding hydrogens is 735 g/mol. The summed E-state index contributed by atoms with van der Waals surface area (Å²) >= 11 is 0. The van der Waals surface area contributed by atoms with E-state index in [9.17, 15) is 0 Å². The Morgan fingerprint density at radius 3 is 1.85 bits per heavy atom. The smallest absolute Gasteiger partial charge is 0.0726 e. The number of rotatable bonds is 4. The fraction of sp³-hybridized carbons (Fsp3) is 0.167. The molecule has 0 bridgehead atoms. The van der Waals surface area contributed by atoms with Gasteiger partial charge in [0.2, 0.25) is 0 Å². The first-order valence-electron chi connectivity index (χ1n) is 22.5. The van der Waals surface area contributed by atoms with Crippen LogP contribution in [0.2, 0.25) is 0 Å². The minimum absolute atomic E-state index is 0.0665. The van der Waals surface area contributed by atoms with Crippen LogP contribution in [0.4, 0.5) is 17.1 Å². The molecule has 1 atom stereocenters. The maximum atomic E-state index is 2.61. The van der Waals surface area contributed by atoms with Gasteiger partial charge in [-0.25, -0.2) is 0 Å². The maximum Gasteiger partial charge on any atom is 0.0726 e. The molecule has 1 heteroatoms. The summed E-state index contributed by atoms with van der Waals surface area (Å²) in [7, 11) is 0. The Hall–Kier alpha value is -6.70. The summed E-state index contributed by atoms with van der Waals surface area (Å²) in [6.45, 7) is 4.74. The largest absolute Gasteiger partial charge is 0.310 e. The zero-order chi connectivity index (χ0) is 40.5. The maximum absolute atomic E-state index is 2.61. The molecule has 292 valence electrons. The van der Waals surface area contributed by atoms with Gasteiger partial charge in [-0.1, -0.05) is 185 Å². The van der Waals surface area contributed by atoms with E-state index in [0.29, 0.717) is 5.92 Å². The number of fused-ring (bicyclic) bond motifs is 13.